The van der Waals surface area contributed by atoms with Gasteiger partial charge in [0, 0.05) is 32.7 Å². The van der Waals surface area contributed by atoms with Gasteiger partial charge >= 0.3 is 0 Å². The molecule has 0 bridgehead atoms. The highest BCUT2D eigenvalue weighted by Gasteiger charge is 2.24. The molecular weight excluding hydrogens is 224 g/mol. The van der Waals surface area contributed by atoms with Crippen molar-refractivity contribution in [2.75, 3.05) is 33.3 Å². The third kappa shape index (κ3) is 3.72. The minimum atomic E-state index is 0.350. The van der Waals surface area contributed by atoms with E-state index < -0.39 is 0 Å². The molecule has 0 atom stereocenters. The van der Waals surface area contributed by atoms with Crippen molar-refractivity contribution in [3.63, 3.8) is 0 Å². The van der Waals surface area contributed by atoms with Gasteiger partial charge in [-0.05, 0) is 23.1 Å². The Morgan fingerprint density at radius 3 is 2.67 bits per heavy atom. The molecule has 1 aromatic rings. The molecule has 100 valence electrons. The van der Waals surface area contributed by atoms with Gasteiger partial charge in [0.05, 0.1) is 7.11 Å². The largest absolute Gasteiger partial charge is 0.497 e. The molecule has 2 rings (SSSR count). The maximum absolute atomic E-state index is 5.19. The lowest BCUT2D eigenvalue weighted by atomic mass is 9.93. The van der Waals surface area contributed by atoms with Crippen LogP contribution in [0.15, 0.2) is 24.3 Å². The van der Waals surface area contributed by atoms with Gasteiger partial charge in [0.15, 0.2) is 0 Å². The Balaban J connectivity index is 1.98. The van der Waals surface area contributed by atoms with E-state index in [2.05, 4.69) is 36.2 Å². The fourth-order valence-electron chi connectivity index (χ4n) is 2.53. The lowest BCUT2D eigenvalue weighted by molar-refractivity contribution is 0.200. The minimum absolute atomic E-state index is 0.350. The van der Waals surface area contributed by atoms with Gasteiger partial charge in [-0.25, -0.2) is 0 Å². The second-order valence-electron chi connectivity index (χ2n) is 5.90. The van der Waals surface area contributed by atoms with Crippen molar-refractivity contribution in [3.8, 4) is 5.75 Å². The maximum atomic E-state index is 5.19. The van der Waals surface area contributed by atoms with E-state index in [1.54, 1.807) is 7.11 Å². The molecule has 18 heavy (non-hydrogen) atoms. The SMILES string of the molecule is COc1ccc(CN2CCNCC(C)(C)C2)cc1. The lowest BCUT2D eigenvalue weighted by Gasteiger charge is -2.29. The maximum Gasteiger partial charge on any atom is 0.118 e. The standard InChI is InChI=1S/C15H24N2O/c1-15(2)11-16-8-9-17(12-15)10-13-4-6-14(18-3)7-5-13/h4-7,16H,8-12H2,1-3H3. The Morgan fingerprint density at radius 1 is 1.28 bits per heavy atom. The van der Waals surface area contributed by atoms with Crippen LogP contribution in [0.5, 0.6) is 5.75 Å². The molecule has 1 heterocycles. The molecule has 0 radical (unpaired) electrons. The lowest BCUT2D eigenvalue weighted by Crippen LogP contribution is -2.34. The van der Waals surface area contributed by atoms with Crippen LogP contribution in [0.25, 0.3) is 0 Å². The van der Waals surface area contributed by atoms with Crippen molar-refractivity contribution in [3.05, 3.63) is 29.8 Å². The summed E-state index contributed by atoms with van der Waals surface area (Å²) in [5, 5.41) is 3.51. The Kier molecular flexibility index (Phi) is 4.25. The van der Waals surface area contributed by atoms with E-state index in [0.29, 0.717) is 5.41 Å². The predicted octanol–water partition coefficient (Wildman–Crippen LogP) is 2.13. The molecule has 3 heteroatoms. The molecule has 1 fully saturated rings. The number of hydrogen-bond acceptors (Lipinski definition) is 3. The molecular formula is C15H24N2O. The average molecular weight is 248 g/mol. The van der Waals surface area contributed by atoms with Gasteiger partial charge in [-0.2, -0.15) is 0 Å². The summed E-state index contributed by atoms with van der Waals surface area (Å²) in [6.07, 6.45) is 0. The highest BCUT2D eigenvalue weighted by molar-refractivity contribution is 5.27. The number of nitrogens with zero attached hydrogens (tertiary/aromatic N) is 1. The van der Waals surface area contributed by atoms with E-state index in [0.717, 1.165) is 38.5 Å². The number of nitrogens with one attached hydrogen (secondary N) is 1. The zero-order valence-corrected chi connectivity index (χ0v) is 11.7. The molecule has 0 saturated carbocycles. The van der Waals surface area contributed by atoms with Gasteiger partial charge in [0.2, 0.25) is 0 Å². The highest BCUT2D eigenvalue weighted by atomic mass is 16.5. The molecule has 0 amide bonds. The monoisotopic (exact) mass is 248 g/mol. The van der Waals surface area contributed by atoms with E-state index in [9.17, 15) is 0 Å². The van der Waals surface area contributed by atoms with Crippen molar-refractivity contribution >= 4 is 0 Å². The molecule has 0 aromatic heterocycles. The first-order valence-electron chi connectivity index (χ1n) is 6.65. The summed E-state index contributed by atoms with van der Waals surface area (Å²) in [7, 11) is 1.71. The van der Waals surface area contributed by atoms with E-state index in [1.807, 2.05) is 12.1 Å². The molecule has 0 aliphatic carbocycles. The first-order chi connectivity index (χ1) is 8.59. The van der Waals surface area contributed by atoms with Gasteiger partial charge in [-0.1, -0.05) is 26.0 Å². The van der Waals surface area contributed by atoms with Crippen LogP contribution >= 0.6 is 0 Å². The predicted molar refractivity (Wildman–Crippen MR) is 74.9 cm³/mol. The molecule has 0 unspecified atom stereocenters. The van der Waals surface area contributed by atoms with E-state index in [4.69, 9.17) is 4.74 Å². The van der Waals surface area contributed by atoms with Crippen molar-refractivity contribution < 1.29 is 4.74 Å². The number of ether oxygens (including phenoxy) is 1. The van der Waals surface area contributed by atoms with Crippen molar-refractivity contribution in [2.45, 2.75) is 20.4 Å². The second kappa shape index (κ2) is 5.72. The van der Waals surface area contributed by atoms with Crippen LogP contribution in [-0.4, -0.2) is 38.2 Å². The van der Waals surface area contributed by atoms with Crippen molar-refractivity contribution in [1.29, 1.82) is 0 Å². The Hall–Kier alpha value is -1.06. The molecule has 1 saturated heterocycles. The fraction of sp³-hybridized carbons (Fsp3) is 0.600. The van der Waals surface area contributed by atoms with Gasteiger partial charge in [0.1, 0.15) is 5.75 Å². The van der Waals surface area contributed by atoms with Gasteiger partial charge in [0.25, 0.3) is 0 Å². The fourth-order valence-corrected chi connectivity index (χ4v) is 2.53. The van der Waals surface area contributed by atoms with Crippen molar-refractivity contribution in [2.24, 2.45) is 5.41 Å². The van der Waals surface area contributed by atoms with Crippen molar-refractivity contribution in [1.82, 2.24) is 10.2 Å². The van der Waals surface area contributed by atoms with Gasteiger partial charge in [-0.15, -0.1) is 0 Å². The van der Waals surface area contributed by atoms with Crippen LogP contribution in [0.4, 0.5) is 0 Å². The first-order valence-corrected chi connectivity index (χ1v) is 6.65. The quantitative estimate of drug-likeness (QED) is 0.887. The topological polar surface area (TPSA) is 24.5 Å². The summed E-state index contributed by atoms with van der Waals surface area (Å²) in [5.41, 5.74) is 1.71. The number of benzene rings is 1. The summed E-state index contributed by atoms with van der Waals surface area (Å²) in [5.74, 6) is 0.927. The average Bonchev–Trinajstić information content (AvgIpc) is 2.51. The first kappa shape index (κ1) is 13.4. The molecule has 1 aliphatic heterocycles. The number of hydrogen-bond donors (Lipinski definition) is 1. The second-order valence-corrected chi connectivity index (χ2v) is 5.90. The Labute approximate surface area is 110 Å². The van der Waals surface area contributed by atoms with E-state index in [1.165, 1.54) is 5.56 Å². The van der Waals surface area contributed by atoms with E-state index >= 15 is 0 Å². The van der Waals surface area contributed by atoms with Crippen LogP contribution in [0.2, 0.25) is 0 Å². The molecule has 1 N–H and O–H groups in total. The smallest absolute Gasteiger partial charge is 0.118 e. The Bertz CT molecular complexity index is 373. The zero-order valence-electron chi connectivity index (χ0n) is 11.7. The highest BCUT2D eigenvalue weighted by Crippen LogP contribution is 2.20. The van der Waals surface area contributed by atoms with Crippen LogP contribution in [0.1, 0.15) is 19.4 Å². The number of methoxy groups -OCH3 is 1. The summed E-state index contributed by atoms with van der Waals surface area (Å²) in [6, 6.07) is 8.39. The zero-order chi connectivity index (χ0) is 13.0. The van der Waals surface area contributed by atoms with Crippen LogP contribution in [-0.2, 0) is 6.54 Å². The molecule has 3 nitrogen and oxygen atoms in total. The van der Waals surface area contributed by atoms with Crippen LogP contribution in [0, 0.1) is 5.41 Å². The van der Waals surface area contributed by atoms with E-state index in [-0.39, 0.29) is 0 Å². The minimum Gasteiger partial charge on any atom is -0.497 e. The third-order valence-electron chi connectivity index (χ3n) is 3.43. The molecule has 1 aromatic carbocycles. The molecule has 1 aliphatic rings. The summed E-state index contributed by atoms with van der Waals surface area (Å²) in [4.78, 5) is 2.53. The summed E-state index contributed by atoms with van der Waals surface area (Å²) in [6.45, 7) is 10.1. The van der Waals surface area contributed by atoms with Crippen LogP contribution in [0.3, 0.4) is 0 Å². The third-order valence-corrected chi connectivity index (χ3v) is 3.43. The van der Waals surface area contributed by atoms with Gasteiger partial charge < -0.3 is 10.1 Å². The molecule has 0 spiro atoms. The summed E-state index contributed by atoms with van der Waals surface area (Å²) >= 11 is 0. The van der Waals surface area contributed by atoms with Gasteiger partial charge in [-0.3, -0.25) is 4.90 Å². The normalized spacial score (nSPS) is 20.4. The Morgan fingerprint density at radius 2 is 2.00 bits per heavy atom. The van der Waals surface area contributed by atoms with Crippen LogP contribution < -0.4 is 10.1 Å². The summed E-state index contributed by atoms with van der Waals surface area (Å²) < 4.78 is 5.19. The number of rotatable bonds is 3.